The third-order valence-corrected chi connectivity index (χ3v) is 5.15. The van der Waals surface area contributed by atoms with E-state index in [1.807, 2.05) is 47.8 Å². The number of rotatable bonds is 3. The second-order valence-electron chi connectivity index (χ2n) is 5.47. The van der Waals surface area contributed by atoms with Crippen molar-refractivity contribution >= 4 is 49.7 Å². The number of hydrogen-bond donors (Lipinski definition) is 1. The molecule has 0 bridgehead atoms. The van der Waals surface area contributed by atoms with Crippen LogP contribution in [0.2, 0.25) is 0 Å². The van der Waals surface area contributed by atoms with Gasteiger partial charge in [-0.25, -0.2) is 9.97 Å². The first-order chi connectivity index (χ1) is 11.7. The molecule has 0 aliphatic heterocycles. The molecule has 0 aliphatic rings. The SMILES string of the molecule is Cc1cc(Br)ccc1Nc1nc(-c2cccs2)nc2ccccc12. The van der Waals surface area contributed by atoms with Crippen LogP contribution in [0.5, 0.6) is 0 Å². The Morgan fingerprint density at radius 1 is 1.00 bits per heavy atom. The van der Waals surface area contributed by atoms with Gasteiger partial charge in [-0.2, -0.15) is 0 Å². The second kappa shape index (κ2) is 6.34. The predicted octanol–water partition coefficient (Wildman–Crippen LogP) is 6.17. The van der Waals surface area contributed by atoms with Gasteiger partial charge >= 0.3 is 0 Å². The summed E-state index contributed by atoms with van der Waals surface area (Å²) in [5.74, 6) is 1.58. The molecule has 3 nitrogen and oxygen atoms in total. The Balaban J connectivity index is 1.86. The summed E-state index contributed by atoms with van der Waals surface area (Å²) in [6.07, 6.45) is 0. The van der Waals surface area contributed by atoms with Crippen molar-refractivity contribution in [3.63, 3.8) is 0 Å². The number of thiophene rings is 1. The Kier molecular flexibility index (Phi) is 4.04. The summed E-state index contributed by atoms with van der Waals surface area (Å²) >= 11 is 5.15. The van der Waals surface area contributed by atoms with Gasteiger partial charge in [0.25, 0.3) is 0 Å². The molecule has 0 spiro atoms. The lowest BCUT2D eigenvalue weighted by molar-refractivity contribution is 1.23. The number of aryl methyl sites for hydroxylation is 1. The number of nitrogens with zero attached hydrogens (tertiary/aromatic N) is 2. The van der Waals surface area contributed by atoms with Crippen LogP contribution < -0.4 is 5.32 Å². The van der Waals surface area contributed by atoms with Gasteiger partial charge in [0.15, 0.2) is 5.82 Å². The highest BCUT2D eigenvalue weighted by Crippen LogP contribution is 2.30. The minimum atomic E-state index is 0.751. The molecule has 24 heavy (non-hydrogen) atoms. The van der Waals surface area contributed by atoms with Crippen LogP contribution in [-0.4, -0.2) is 9.97 Å². The van der Waals surface area contributed by atoms with Gasteiger partial charge < -0.3 is 5.32 Å². The average Bonchev–Trinajstić information content (AvgIpc) is 3.12. The summed E-state index contributed by atoms with van der Waals surface area (Å²) in [4.78, 5) is 10.6. The molecule has 2 heterocycles. The summed E-state index contributed by atoms with van der Waals surface area (Å²) in [5.41, 5.74) is 3.14. The van der Waals surface area contributed by atoms with Crippen molar-refractivity contribution in [1.82, 2.24) is 9.97 Å². The number of anilines is 2. The van der Waals surface area contributed by atoms with E-state index in [1.54, 1.807) is 11.3 Å². The Morgan fingerprint density at radius 2 is 1.88 bits per heavy atom. The summed E-state index contributed by atoms with van der Waals surface area (Å²) in [6.45, 7) is 2.08. The van der Waals surface area contributed by atoms with Crippen LogP contribution in [0, 0.1) is 6.92 Å². The quantitative estimate of drug-likeness (QED) is 0.450. The summed E-state index contributed by atoms with van der Waals surface area (Å²) in [7, 11) is 0. The highest BCUT2D eigenvalue weighted by atomic mass is 79.9. The normalized spacial score (nSPS) is 10.9. The number of fused-ring (bicyclic) bond motifs is 1. The van der Waals surface area contributed by atoms with Gasteiger partial charge in [0.1, 0.15) is 5.82 Å². The number of aromatic nitrogens is 2. The highest BCUT2D eigenvalue weighted by molar-refractivity contribution is 9.10. The van der Waals surface area contributed by atoms with Crippen LogP contribution >= 0.6 is 27.3 Å². The molecule has 0 saturated carbocycles. The van der Waals surface area contributed by atoms with Gasteiger partial charge in [-0.05, 0) is 54.3 Å². The first-order valence-corrected chi connectivity index (χ1v) is 9.22. The van der Waals surface area contributed by atoms with E-state index in [4.69, 9.17) is 9.97 Å². The van der Waals surface area contributed by atoms with Crippen molar-refractivity contribution in [3.8, 4) is 10.7 Å². The van der Waals surface area contributed by atoms with Gasteiger partial charge in [0.05, 0.1) is 10.4 Å². The molecular formula is C19H14BrN3S. The molecular weight excluding hydrogens is 382 g/mol. The number of halogens is 1. The highest BCUT2D eigenvalue weighted by Gasteiger charge is 2.11. The van der Waals surface area contributed by atoms with Crippen LogP contribution in [-0.2, 0) is 0 Å². The zero-order valence-electron chi connectivity index (χ0n) is 13.0. The van der Waals surface area contributed by atoms with Crippen molar-refractivity contribution in [2.45, 2.75) is 6.92 Å². The molecule has 118 valence electrons. The maximum Gasteiger partial charge on any atom is 0.172 e. The third-order valence-electron chi connectivity index (χ3n) is 3.79. The third kappa shape index (κ3) is 2.92. The van der Waals surface area contributed by atoms with Crippen molar-refractivity contribution < 1.29 is 0 Å². The molecule has 5 heteroatoms. The van der Waals surface area contributed by atoms with Crippen LogP contribution in [0.1, 0.15) is 5.56 Å². The zero-order valence-corrected chi connectivity index (χ0v) is 15.4. The molecule has 0 atom stereocenters. The zero-order chi connectivity index (χ0) is 16.5. The lowest BCUT2D eigenvalue weighted by Crippen LogP contribution is -2.00. The Morgan fingerprint density at radius 3 is 2.67 bits per heavy atom. The summed E-state index contributed by atoms with van der Waals surface area (Å²) < 4.78 is 1.07. The molecule has 0 amide bonds. The molecule has 4 aromatic rings. The molecule has 0 unspecified atom stereocenters. The fourth-order valence-corrected chi connectivity index (χ4v) is 3.72. The molecule has 0 radical (unpaired) electrons. The van der Waals surface area contributed by atoms with Crippen LogP contribution in [0.4, 0.5) is 11.5 Å². The van der Waals surface area contributed by atoms with Crippen LogP contribution in [0.15, 0.2) is 64.5 Å². The molecule has 2 aromatic heterocycles. The Labute approximate surface area is 152 Å². The van der Waals surface area contributed by atoms with E-state index < -0.39 is 0 Å². The molecule has 0 aliphatic carbocycles. The lowest BCUT2D eigenvalue weighted by Gasteiger charge is -2.12. The van der Waals surface area contributed by atoms with E-state index in [2.05, 4.69) is 40.3 Å². The van der Waals surface area contributed by atoms with E-state index in [0.29, 0.717) is 0 Å². The number of para-hydroxylation sites is 1. The number of benzene rings is 2. The molecule has 0 fully saturated rings. The van der Waals surface area contributed by atoms with E-state index in [9.17, 15) is 0 Å². The largest absolute Gasteiger partial charge is 0.339 e. The first kappa shape index (κ1) is 15.3. The van der Waals surface area contributed by atoms with Crippen molar-refractivity contribution in [2.75, 3.05) is 5.32 Å². The minimum absolute atomic E-state index is 0.751. The number of nitrogens with one attached hydrogen (secondary N) is 1. The Bertz CT molecular complexity index is 1010. The smallest absolute Gasteiger partial charge is 0.172 e. The van der Waals surface area contributed by atoms with Crippen molar-refractivity contribution in [3.05, 3.63) is 70.0 Å². The summed E-state index contributed by atoms with van der Waals surface area (Å²) in [6, 6.07) is 18.3. The van der Waals surface area contributed by atoms with E-state index in [1.165, 1.54) is 0 Å². The van der Waals surface area contributed by atoms with E-state index >= 15 is 0 Å². The lowest BCUT2D eigenvalue weighted by atomic mass is 10.2. The Hall–Kier alpha value is -2.24. The van der Waals surface area contributed by atoms with Gasteiger partial charge in [-0.3, -0.25) is 0 Å². The molecule has 0 saturated heterocycles. The fourth-order valence-electron chi connectivity index (χ4n) is 2.58. The maximum atomic E-state index is 4.78. The molecule has 1 N–H and O–H groups in total. The standard InChI is InChI=1S/C19H14BrN3S/c1-12-11-13(20)8-9-15(12)21-18-14-5-2-3-6-16(14)22-19(23-18)17-7-4-10-24-17/h2-11H,1H3,(H,21,22,23). The predicted molar refractivity (Wildman–Crippen MR) is 105 cm³/mol. The molecule has 2 aromatic carbocycles. The van der Waals surface area contributed by atoms with Crippen molar-refractivity contribution in [2.24, 2.45) is 0 Å². The van der Waals surface area contributed by atoms with E-state index in [-0.39, 0.29) is 0 Å². The summed E-state index contributed by atoms with van der Waals surface area (Å²) in [5, 5.41) is 6.53. The maximum absolute atomic E-state index is 4.78. The monoisotopic (exact) mass is 395 g/mol. The van der Waals surface area contributed by atoms with E-state index in [0.717, 1.165) is 43.1 Å². The average molecular weight is 396 g/mol. The van der Waals surface area contributed by atoms with Crippen LogP contribution in [0.25, 0.3) is 21.6 Å². The first-order valence-electron chi connectivity index (χ1n) is 7.54. The van der Waals surface area contributed by atoms with Gasteiger partial charge in [-0.1, -0.05) is 34.1 Å². The topological polar surface area (TPSA) is 37.8 Å². The van der Waals surface area contributed by atoms with Crippen LogP contribution in [0.3, 0.4) is 0 Å². The molecule has 4 rings (SSSR count). The van der Waals surface area contributed by atoms with Gasteiger partial charge in [-0.15, -0.1) is 11.3 Å². The minimum Gasteiger partial charge on any atom is -0.339 e. The fraction of sp³-hybridized carbons (Fsp3) is 0.0526. The second-order valence-corrected chi connectivity index (χ2v) is 7.34. The van der Waals surface area contributed by atoms with Gasteiger partial charge in [0, 0.05) is 15.5 Å². The van der Waals surface area contributed by atoms with Gasteiger partial charge in [0.2, 0.25) is 0 Å². The van der Waals surface area contributed by atoms with Crippen molar-refractivity contribution in [1.29, 1.82) is 0 Å². The number of hydrogen-bond acceptors (Lipinski definition) is 4.